The quantitative estimate of drug-likeness (QED) is 0.411. The summed E-state index contributed by atoms with van der Waals surface area (Å²) < 4.78 is 10.6. The van der Waals surface area contributed by atoms with E-state index in [-0.39, 0.29) is 19.1 Å². The van der Waals surface area contributed by atoms with E-state index in [1.54, 1.807) is 14.2 Å². The summed E-state index contributed by atoms with van der Waals surface area (Å²) in [4.78, 5) is 0. The van der Waals surface area contributed by atoms with E-state index in [2.05, 4.69) is 25.2 Å². The van der Waals surface area contributed by atoms with Gasteiger partial charge in [-0.2, -0.15) is 5.26 Å². The molecule has 0 aliphatic heterocycles. The number of hydrogen-bond acceptors (Lipinski definition) is 6. The maximum absolute atomic E-state index is 10.1. The van der Waals surface area contributed by atoms with Crippen molar-refractivity contribution >= 4 is 0 Å². The lowest BCUT2D eigenvalue weighted by atomic mass is 9.69. The highest BCUT2D eigenvalue weighted by atomic mass is 16.5. The molecule has 0 aliphatic rings. The highest BCUT2D eigenvalue weighted by molar-refractivity contribution is 5.43. The summed E-state index contributed by atoms with van der Waals surface area (Å²) in [5.41, 5.74) is 2.82. The Morgan fingerprint density at radius 1 is 0.969 bits per heavy atom. The molecule has 0 saturated heterocycles. The van der Waals surface area contributed by atoms with Crippen LogP contribution < -0.4 is 14.8 Å². The van der Waals surface area contributed by atoms with Crippen LogP contribution in [0.25, 0.3) is 0 Å². The minimum absolute atomic E-state index is 0.116. The Hall–Kier alpha value is -2.59. The molecule has 6 nitrogen and oxygen atoms in total. The van der Waals surface area contributed by atoms with Crippen molar-refractivity contribution in [1.82, 2.24) is 5.32 Å². The van der Waals surface area contributed by atoms with Crippen LogP contribution >= 0.6 is 0 Å². The fraction of sp³-hybridized carbons (Fsp3) is 0.500. The molecule has 2 aromatic carbocycles. The molecule has 174 valence electrons. The lowest BCUT2D eigenvalue weighted by molar-refractivity contribution is 0.259. The lowest BCUT2D eigenvalue weighted by Crippen LogP contribution is -2.32. The normalized spacial score (nSPS) is 12.9. The average Bonchev–Trinajstić information content (AvgIpc) is 2.82. The molecule has 6 heteroatoms. The van der Waals surface area contributed by atoms with Crippen molar-refractivity contribution in [3.63, 3.8) is 0 Å². The molecule has 3 N–H and O–H groups in total. The van der Waals surface area contributed by atoms with E-state index < -0.39 is 5.41 Å². The van der Waals surface area contributed by atoms with Crippen LogP contribution in [0.15, 0.2) is 36.4 Å². The fourth-order valence-corrected chi connectivity index (χ4v) is 4.11. The molecule has 32 heavy (non-hydrogen) atoms. The Balaban J connectivity index is 1.96. The highest BCUT2D eigenvalue weighted by Crippen LogP contribution is 2.37. The first-order valence-corrected chi connectivity index (χ1v) is 11.1. The molecule has 2 rings (SSSR count). The summed E-state index contributed by atoms with van der Waals surface area (Å²) in [5, 5.41) is 32.7. The smallest absolute Gasteiger partial charge is 0.160 e. The number of nitriles is 1. The predicted molar refractivity (Wildman–Crippen MR) is 126 cm³/mol. The van der Waals surface area contributed by atoms with Crippen molar-refractivity contribution in [2.45, 2.75) is 51.7 Å². The van der Waals surface area contributed by atoms with Crippen LogP contribution in [-0.4, -0.2) is 37.5 Å². The maximum Gasteiger partial charge on any atom is 0.160 e. The van der Waals surface area contributed by atoms with Gasteiger partial charge in [-0.05, 0) is 72.7 Å². The number of ether oxygens (including phenoxy) is 2. The van der Waals surface area contributed by atoms with Crippen molar-refractivity contribution in [3.8, 4) is 17.6 Å². The van der Waals surface area contributed by atoms with Crippen LogP contribution in [0.5, 0.6) is 11.5 Å². The van der Waals surface area contributed by atoms with Crippen LogP contribution in [0.1, 0.15) is 48.9 Å². The largest absolute Gasteiger partial charge is 0.493 e. The average molecular weight is 441 g/mol. The monoisotopic (exact) mass is 440 g/mol. The number of aliphatic hydroxyl groups is 2. The molecule has 0 heterocycles. The second-order valence-corrected chi connectivity index (χ2v) is 8.33. The first kappa shape index (κ1) is 25.7. The number of methoxy groups -OCH3 is 2. The molecule has 0 fully saturated rings. The van der Waals surface area contributed by atoms with Crippen LogP contribution in [-0.2, 0) is 25.0 Å². The van der Waals surface area contributed by atoms with Gasteiger partial charge in [0.1, 0.15) is 0 Å². The van der Waals surface area contributed by atoms with Crippen molar-refractivity contribution < 1.29 is 19.7 Å². The molecule has 0 amide bonds. The first-order valence-electron chi connectivity index (χ1n) is 11.1. The third-order valence-electron chi connectivity index (χ3n) is 6.21. The topological polar surface area (TPSA) is 94.7 Å². The Kier molecular flexibility index (Phi) is 9.98. The van der Waals surface area contributed by atoms with Gasteiger partial charge in [0.05, 0.1) is 38.9 Å². The van der Waals surface area contributed by atoms with Crippen LogP contribution in [0, 0.1) is 17.2 Å². The number of nitrogens with one attached hydrogen (secondary N) is 1. The van der Waals surface area contributed by atoms with E-state index in [4.69, 9.17) is 9.47 Å². The molecule has 1 unspecified atom stereocenters. The maximum atomic E-state index is 10.1. The summed E-state index contributed by atoms with van der Waals surface area (Å²) in [5.74, 6) is 1.57. The minimum Gasteiger partial charge on any atom is -0.493 e. The fourth-order valence-electron chi connectivity index (χ4n) is 4.11. The van der Waals surface area contributed by atoms with E-state index in [1.807, 2.05) is 36.4 Å². The van der Waals surface area contributed by atoms with Gasteiger partial charge >= 0.3 is 0 Å². The number of nitrogens with zero attached hydrogens (tertiary/aromatic N) is 1. The van der Waals surface area contributed by atoms with E-state index in [9.17, 15) is 15.5 Å². The number of benzene rings is 2. The van der Waals surface area contributed by atoms with Gasteiger partial charge in [-0.1, -0.05) is 38.1 Å². The zero-order valence-corrected chi connectivity index (χ0v) is 19.6. The van der Waals surface area contributed by atoms with E-state index >= 15 is 0 Å². The molecule has 2 aromatic rings. The predicted octanol–water partition coefficient (Wildman–Crippen LogP) is 3.72. The Morgan fingerprint density at radius 2 is 1.69 bits per heavy atom. The first-order chi connectivity index (χ1) is 15.4. The summed E-state index contributed by atoms with van der Waals surface area (Å²) in [6.45, 7) is 5.49. The lowest BCUT2D eigenvalue weighted by Gasteiger charge is -2.32. The summed E-state index contributed by atoms with van der Waals surface area (Å²) in [6, 6.07) is 14.1. The van der Waals surface area contributed by atoms with Gasteiger partial charge in [0.2, 0.25) is 0 Å². The molecule has 1 atom stereocenters. The standard InChI is InChI=1S/C26H36N2O4/c1-19(2)26(18-27,23-8-7-21(16-29)22(15-23)17-30)11-5-12-28-13-10-20-6-9-24(31-3)25(14-20)32-4/h6-9,14-15,19,28-30H,5,10-13,16-17H2,1-4H3. The second kappa shape index (κ2) is 12.4. The van der Waals surface area contributed by atoms with Gasteiger partial charge in [-0.3, -0.25) is 0 Å². The minimum atomic E-state index is -0.636. The Bertz CT molecular complexity index is 907. The number of rotatable bonds is 13. The SMILES string of the molecule is COc1ccc(CCNCCCC(C#N)(c2ccc(CO)c(CO)c2)C(C)C)cc1OC. The highest BCUT2D eigenvalue weighted by Gasteiger charge is 2.35. The Labute approximate surface area is 191 Å². The van der Waals surface area contributed by atoms with E-state index in [0.29, 0.717) is 17.5 Å². The number of aliphatic hydroxyl groups excluding tert-OH is 2. The Morgan fingerprint density at radius 3 is 2.28 bits per heavy atom. The van der Waals surface area contributed by atoms with Gasteiger partial charge in [-0.15, -0.1) is 0 Å². The van der Waals surface area contributed by atoms with Gasteiger partial charge in [0.15, 0.2) is 11.5 Å². The third kappa shape index (κ3) is 6.01. The third-order valence-corrected chi connectivity index (χ3v) is 6.21. The van der Waals surface area contributed by atoms with Crippen molar-refractivity contribution in [1.29, 1.82) is 5.26 Å². The second-order valence-electron chi connectivity index (χ2n) is 8.33. The van der Waals surface area contributed by atoms with Gasteiger partial charge in [0, 0.05) is 0 Å². The van der Waals surface area contributed by atoms with Crippen molar-refractivity contribution in [2.75, 3.05) is 27.3 Å². The molecule has 0 saturated carbocycles. The molecular formula is C26H36N2O4. The van der Waals surface area contributed by atoms with Gasteiger partial charge in [-0.25, -0.2) is 0 Å². The zero-order chi connectivity index (χ0) is 23.6. The van der Waals surface area contributed by atoms with E-state index in [1.165, 1.54) is 5.56 Å². The van der Waals surface area contributed by atoms with E-state index in [0.717, 1.165) is 43.0 Å². The van der Waals surface area contributed by atoms with Crippen LogP contribution in [0.2, 0.25) is 0 Å². The van der Waals surface area contributed by atoms with Gasteiger partial charge < -0.3 is 25.0 Å². The molecule has 0 bridgehead atoms. The molecule has 0 aromatic heterocycles. The van der Waals surface area contributed by atoms with Crippen LogP contribution in [0.4, 0.5) is 0 Å². The molecular weight excluding hydrogens is 404 g/mol. The zero-order valence-electron chi connectivity index (χ0n) is 19.6. The summed E-state index contributed by atoms with van der Waals surface area (Å²) in [6.07, 6.45) is 2.44. The molecule has 0 radical (unpaired) electrons. The molecule has 0 spiro atoms. The molecule has 0 aliphatic carbocycles. The summed E-state index contributed by atoms with van der Waals surface area (Å²) >= 11 is 0. The van der Waals surface area contributed by atoms with Crippen molar-refractivity contribution in [3.05, 3.63) is 58.7 Å². The van der Waals surface area contributed by atoms with Gasteiger partial charge in [0.25, 0.3) is 0 Å². The number of hydrogen-bond donors (Lipinski definition) is 3. The summed E-state index contributed by atoms with van der Waals surface area (Å²) in [7, 11) is 3.26. The van der Waals surface area contributed by atoms with Crippen molar-refractivity contribution in [2.24, 2.45) is 5.92 Å². The van der Waals surface area contributed by atoms with Crippen LogP contribution in [0.3, 0.4) is 0 Å².